The minimum Gasteiger partial charge on any atom is -1.00 e. The van der Waals surface area contributed by atoms with Crippen molar-refractivity contribution in [1.29, 1.82) is 0 Å². The van der Waals surface area contributed by atoms with Crippen LogP contribution in [-0.4, -0.2) is 35.6 Å². The van der Waals surface area contributed by atoms with Gasteiger partial charge in [0.05, 0.1) is 0 Å². The first-order valence-electron chi connectivity index (χ1n) is 2.96. The van der Waals surface area contributed by atoms with E-state index in [0.29, 0.717) is 0 Å². The molecule has 1 aliphatic rings. The molecule has 1 N–H and O–H groups in total. The number of nitrogens with one attached hydrogen (secondary N) is 1. The Morgan fingerprint density at radius 2 is 2.00 bits per heavy atom. The fraction of sp³-hybridized carbons (Fsp3) is 0.833. The van der Waals surface area contributed by atoms with Gasteiger partial charge in [-0.1, -0.05) is 0 Å². The smallest absolute Gasteiger partial charge is 1.00 e. The van der Waals surface area contributed by atoms with E-state index in [1.54, 1.807) is 0 Å². The van der Waals surface area contributed by atoms with Crippen molar-refractivity contribution in [3.63, 3.8) is 0 Å². The SMILES string of the molecule is [CH2-]CCNC1CC1.[Cl-].[Mg+2]. The molecular weight excluding hydrogens is 146 g/mol. The molecule has 0 radical (unpaired) electrons. The molecule has 0 amide bonds. The molecule has 0 heterocycles. The molecule has 1 rings (SSSR count). The van der Waals surface area contributed by atoms with Crippen LogP contribution < -0.4 is 17.7 Å². The molecule has 0 atom stereocenters. The first-order valence-corrected chi connectivity index (χ1v) is 2.96. The zero-order chi connectivity index (χ0) is 5.11. The van der Waals surface area contributed by atoms with Crippen molar-refractivity contribution >= 4 is 23.1 Å². The first kappa shape index (κ1) is 12.7. The molecular formula is C6H12ClMgN. The Balaban J connectivity index is 0. The van der Waals surface area contributed by atoms with Crippen LogP contribution >= 0.6 is 0 Å². The van der Waals surface area contributed by atoms with Gasteiger partial charge in [-0.15, -0.1) is 0 Å². The number of hydrogen-bond acceptors (Lipinski definition) is 1. The van der Waals surface area contributed by atoms with Gasteiger partial charge in [-0.05, 0) is 19.4 Å². The van der Waals surface area contributed by atoms with E-state index in [1.807, 2.05) is 0 Å². The van der Waals surface area contributed by atoms with Gasteiger partial charge < -0.3 is 24.6 Å². The van der Waals surface area contributed by atoms with E-state index < -0.39 is 0 Å². The Kier molecular flexibility index (Phi) is 10.0. The van der Waals surface area contributed by atoms with E-state index in [1.165, 1.54) is 12.8 Å². The Morgan fingerprint density at radius 1 is 1.44 bits per heavy atom. The Labute approximate surface area is 79.5 Å². The Bertz CT molecular complexity index is 57.0. The average molecular weight is 158 g/mol. The van der Waals surface area contributed by atoms with Crippen LogP contribution in [0.15, 0.2) is 0 Å². The van der Waals surface area contributed by atoms with Crippen LogP contribution in [-0.2, 0) is 0 Å². The van der Waals surface area contributed by atoms with Crippen molar-refractivity contribution in [3.05, 3.63) is 6.92 Å². The molecule has 0 aliphatic heterocycles. The fourth-order valence-electron chi connectivity index (χ4n) is 0.594. The minimum absolute atomic E-state index is 0. The maximum Gasteiger partial charge on any atom is 2.00 e. The van der Waals surface area contributed by atoms with Crippen LogP contribution in [0.25, 0.3) is 0 Å². The van der Waals surface area contributed by atoms with E-state index in [2.05, 4.69) is 12.2 Å². The molecule has 1 nitrogen and oxygen atoms in total. The molecule has 1 fully saturated rings. The van der Waals surface area contributed by atoms with Gasteiger partial charge in [-0.2, -0.15) is 6.42 Å². The van der Waals surface area contributed by atoms with Crippen molar-refractivity contribution in [2.45, 2.75) is 25.3 Å². The first-order chi connectivity index (χ1) is 3.43. The molecule has 0 spiro atoms. The summed E-state index contributed by atoms with van der Waals surface area (Å²) in [6.45, 7) is 4.82. The second-order valence-electron chi connectivity index (χ2n) is 2.08. The standard InChI is InChI=1S/C6H12N.ClH.Mg/c1-2-5-7-6-3-4-6;;/h6-7H,1-5H2;1H;/q-1;;+2/p-1. The second-order valence-corrected chi connectivity index (χ2v) is 2.08. The molecule has 0 aromatic rings. The van der Waals surface area contributed by atoms with E-state index in [4.69, 9.17) is 0 Å². The quantitative estimate of drug-likeness (QED) is 0.356. The van der Waals surface area contributed by atoms with Gasteiger partial charge in [0.15, 0.2) is 0 Å². The molecule has 1 aliphatic carbocycles. The fourth-order valence-corrected chi connectivity index (χ4v) is 0.594. The van der Waals surface area contributed by atoms with E-state index >= 15 is 0 Å². The van der Waals surface area contributed by atoms with Gasteiger partial charge in [0, 0.05) is 6.04 Å². The van der Waals surface area contributed by atoms with Gasteiger partial charge >= 0.3 is 23.1 Å². The van der Waals surface area contributed by atoms with Crippen molar-refractivity contribution in [1.82, 2.24) is 5.32 Å². The van der Waals surface area contributed by atoms with Crippen molar-refractivity contribution < 1.29 is 12.4 Å². The third kappa shape index (κ3) is 6.91. The predicted molar refractivity (Wildman–Crippen MR) is 36.8 cm³/mol. The summed E-state index contributed by atoms with van der Waals surface area (Å²) in [6.07, 6.45) is 3.80. The third-order valence-electron chi connectivity index (χ3n) is 1.19. The van der Waals surface area contributed by atoms with Crippen LogP contribution in [0.1, 0.15) is 19.3 Å². The second kappa shape index (κ2) is 7.13. The summed E-state index contributed by atoms with van der Waals surface area (Å²) in [6, 6.07) is 0.863. The third-order valence-corrected chi connectivity index (χ3v) is 1.19. The summed E-state index contributed by atoms with van der Waals surface area (Å²) in [5, 5.41) is 3.34. The van der Waals surface area contributed by atoms with Gasteiger partial charge in [0.2, 0.25) is 0 Å². The normalized spacial score (nSPS) is 15.7. The average Bonchev–Trinajstić information content (AvgIpc) is 2.42. The summed E-state index contributed by atoms with van der Waals surface area (Å²) in [5.41, 5.74) is 0. The van der Waals surface area contributed by atoms with Crippen LogP contribution in [0.5, 0.6) is 0 Å². The molecule has 0 unspecified atom stereocenters. The summed E-state index contributed by atoms with van der Waals surface area (Å²) in [4.78, 5) is 0. The van der Waals surface area contributed by atoms with Gasteiger partial charge in [-0.3, -0.25) is 0 Å². The van der Waals surface area contributed by atoms with Gasteiger partial charge in [0.1, 0.15) is 0 Å². The monoisotopic (exact) mass is 157 g/mol. The predicted octanol–water partition coefficient (Wildman–Crippen LogP) is -2.41. The molecule has 50 valence electrons. The maximum absolute atomic E-state index is 3.72. The molecule has 0 bridgehead atoms. The molecule has 9 heavy (non-hydrogen) atoms. The zero-order valence-corrected chi connectivity index (χ0v) is 7.87. The minimum atomic E-state index is 0. The van der Waals surface area contributed by atoms with Crippen molar-refractivity contribution in [3.8, 4) is 0 Å². The Morgan fingerprint density at radius 3 is 2.33 bits per heavy atom. The summed E-state index contributed by atoms with van der Waals surface area (Å²) in [5.74, 6) is 0. The zero-order valence-electron chi connectivity index (χ0n) is 5.70. The van der Waals surface area contributed by atoms with Crippen LogP contribution in [0.2, 0.25) is 0 Å². The maximum atomic E-state index is 3.72. The number of halogens is 1. The molecule has 3 heteroatoms. The van der Waals surface area contributed by atoms with Crippen molar-refractivity contribution in [2.24, 2.45) is 0 Å². The van der Waals surface area contributed by atoms with E-state index in [0.717, 1.165) is 19.0 Å². The van der Waals surface area contributed by atoms with Gasteiger partial charge in [-0.25, -0.2) is 0 Å². The molecule has 1 saturated carbocycles. The Hall–Kier alpha value is 1.02. The largest absolute Gasteiger partial charge is 2.00 e. The molecule has 0 aromatic heterocycles. The topological polar surface area (TPSA) is 12.0 Å². The molecule has 0 aromatic carbocycles. The molecule has 0 saturated heterocycles. The number of hydrogen-bond donors (Lipinski definition) is 1. The summed E-state index contributed by atoms with van der Waals surface area (Å²) < 4.78 is 0. The number of rotatable bonds is 3. The van der Waals surface area contributed by atoms with Crippen LogP contribution in [0.4, 0.5) is 0 Å². The van der Waals surface area contributed by atoms with Crippen LogP contribution in [0, 0.1) is 6.92 Å². The summed E-state index contributed by atoms with van der Waals surface area (Å²) in [7, 11) is 0. The van der Waals surface area contributed by atoms with Crippen molar-refractivity contribution in [2.75, 3.05) is 6.54 Å². The van der Waals surface area contributed by atoms with Gasteiger partial charge in [0.25, 0.3) is 0 Å². The summed E-state index contributed by atoms with van der Waals surface area (Å²) >= 11 is 0. The van der Waals surface area contributed by atoms with E-state index in [9.17, 15) is 0 Å². The van der Waals surface area contributed by atoms with E-state index in [-0.39, 0.29) is 35.5 Å². The van der Waals surface area contributed by atoms with Crippen LogP contribution in [0.3, 0.4) is 0 Å².